The number of nitrogens with zero attached hydrogens (tertiary/aromatic N) is 1. The second kappa shape index (κ2) is 6.69. The number of methoxy groups -OCH3 is 1. The van der Waals surface area contributed by atoms with Gasteiger partial charge in [0, 0.05) is 19.0 Å². The van der Waals surface area contributed by atoms with Gasteiger partial charge in [-0.2, -0.15) is 0 Å². The van der Waals surface area contributed by atoms with E-state index in [1.807, 2.05) is 0 Å². The molecule has 1 saturated carbocycles. The zero-order valence-electron chi connectivity index (χ0n) is 11.7. The molecular weight excluding hydrogens is 278 g/mol. The molecule has 0 aromatic carbocycles. The minimum atomic E-state index is -0.364. The van der Waals surface area contributed by atoms with Crippen LogP contribution >= 0.6 is 11.3 Å². The zero-order chi connectivity index (χ0) is 14.5. The monoisotopic (exact) mass is 297 g/mol. The van der Waals surface area contributed by atoms with Crippen LogP contribution in [0, 0.1) is 6.92 Å². The number of esters is 1. The summed E-state index contributed by atoms with van der Waals surface area (Å²) < 4.78 is 4.68. The lowest BCUT2D eigenvalue weighted by molar-refractivity contribution is -0.121. The van der Waals surface area contributed by atoms with Crippen LogP contribution in [-0.2, 0) is 9.53 Å². The van der Waals surface area contributed by atoms with Crippen molar-refractivity contribution in [2.45, 2.75) is 38.6 Å². The molecule has 7 heteroatoms. The lowest BCUT2D eigenvalue weighted by Crippen LogP contribution is -2.25. The number of carbonyl (C=O) groups is 2. The Balaban J connectivity index is 1.70. The van der Waals surface area contributed by atoms with Gasteiger partial charge in [-0.05, 0) is 26.2 Å². The molecule has 0 spiro atoms. The molecule has 0 bridgehead atoms. The maximum Gasteiger partial charge on any atom is 0.350 e. The van der Waals surface area contributed by atoms with E-state index in [9.17, 15) is 9.59 Å². The molecule has 1 aliphatic rings. The third-order valence-electron chi connectivity index (χ3n) is 2.97. The van der Waals surface area contributed by atoms with Crippen LogP contribution in [0.1, 0.15) is 41.0 Å². The molecule has 1 fully saturated rings. The maximum atomic E-state index is 11.5. The topological polar surface area (TPSA) is 80.3 Å². The number of amides is 1. The Hall–Kier alpha value is -1.63. The number of aryl methyl sites for hydroxylation is 1. The van der Waals surface area contributed by atoms with Gasteiger partial charge in [0.1, 0.15) is 4.88 Å². The summed E-state index contributed by atoms with van der Waals surface area (Å²) in [6.45, 7) is 2.43. The Kier molecular flexibility index (Phi) is 4.94. The number of carbonyl (C=O) groups excluding carboxylic acids is 2. The van der Waals surface area contributed by atoms with Crippen LogP contribution in [0.4, 0.5) is 5.13 Å². The van der Waals surface area contributed by atoms with E-state index in [0.29, 0.717) is 34.7 Å². The molecule has 2 N–H and O–H groups in total. The summed E-state index contributed by atoms with van der Waals surface area (Å²) in [6, 6.07) is 0.416. The van der Waals surface area contributed by atoms with Gasteiger partial charge < -0.3 is 15.4 Å². The van der Waals surface area contributed by atoms with Crippen LogP contribution in [0.2, 0.25) is 0 Å². The molecule has 20 heavy (non-hydrogen) atoms. The van der Waals surface area contributed by atoms with Gasteiger partial charge in [0.2, 0.25) is 5.91 Å². The Bertz CT molecular complexity index is 497. The number of hydrogen-bond donors (Lipinski definition) is 2. The molecule has 1 amide bonds. The third-order valence-corrected chi connectivity index (χ3v) is 4.06. The molecule has 0 saturated heterocycles. The van der Waals surface area contributed by atoms with E-state index in [1.165, 1.54) is 18.4 Å². The van der Waals surface area contributed by atoms with Crippen LogP contribution in [-0.4, -0.2) is 36.6 Å². The molecule has 2 rings (SSSR count). The Morgan fingerprint density at radius 1 is 1.45 bits per heavy atom. The van der Waals surface area contributed by atoms with E-state index >= 15 is 0 Å². The third kappa shape index (κ3) is 4.19. The first-order chi connectivity index (χ1) is 9.60. The first kappa shape index (κ1) is 14.8. The average Bonchev–Trinajstić information content (AvgIpc) is 3.15. The summed E-state index contributed by atoms with van der Waals surface area (Å²) in [7, 11) is 1.35. The zero-order valence-corrected chi connectivity index (χ0v) is 12.5. The van der Waals surface area contributed by atoms with Crippen LogP contribution in [0.25, 0.3) is 0 Å². The second-order valence-electron chi connectivity index (χ2n) is 4.80. The predicted octanol–water partition coefficient (Wildman–Crippen LogP) is 1.71. The molecule has 110 valence electrons. The van der Waals surface area contributed by atoms with Crippen molar-refractivity contribution in [1.82, 2.24) is 10.3 Å². The predicted molar refractivity (Wildman–Crippen MR) is 77.1 cm³/mol. The molecule has 1 aromatic rings. The van der Waals surface area contributed by atoms with Gasteiger partial charge in [-0.3, -0.25) is 4.79 Å². The first-order valence-corrected chi connectivity index (χ1v) is 7.50. The van der Waals surface area contributed by atoms with Crippen LogP contribution < -0.4 is 10.6 Å². The van der Waals surface area contributed by atoms with Gasteiger partial charge in [-0.15, -0.1) is 0 Å². The molecular formula is C13H19N3O3S. The molecule has 0 unspecified atom stereocenters. The highest BCUT2D eigenvalue weighted by Gasteiger charge is 2.22. The summed E-state index contributed by atoms with van der Waals surface area (Å²) >= 11 is 1.27. The second-order valence-corrected chi connectivity index (χ2v) is 5.80. The number of aromatic nitrogens is 1. The minimum absolute atomic E-state index is 0.111. The number of rotatable bonds is 7. The maximum absolute atomic E-state index is 11.5. The summed E-state index contributed by atoms with van der Waals surface area (Å²) in [5.74, 6) is -0.253. The summed E-state index contributed by atoms with van der Waals surface area (Å²) in [5, 5.41) is 6.76. The smallest absolute Gasteiger partial charge is 0.350 e. The van der Waals surface area contributed by atoms with E-state index in [1.54, 1.807) is 6.92 Å². The van der Waals surface area contributed by atoms with Gasteiger partial charge in [-0.25, -0.2) is 9.78 Å². The standard InChI is InChI=1S/C13H19N3O3S/c1-8-11(12(18)19-2)20-13(15-8)14-7-3-4-10(17)16-9-5-6-9/h9H,3-7H2,1-2H3,(H,14,15)(H,16,17). The quantitative estimate of drug-likeness (QED) is 0.591. The van der Waals surface area contributed by atoms with Crippen molar-refractivity contribution in [1.29, 1.82) is 0 Å². The van der Waals surface area contributed by atoms with E-state index in [0.717, 1.165) is 19.3 Å². The molecule has 0 aliphatic heterocycles. The van der Waals surface area contributed by atoms with Gasteiger partial charge >= 0.3 is 5.97 Å². The minimum Gasteiger partial charge on any atom is -0.465 e. The largest absolute Gasteiger partial charge is 0.465 e. The molecule has 1 aliphatic carbocycles. The molecule has 6 nitrogen and oxygen atoms in total. The molecule has 1 aromatic heterocycles. The van der Waals surface area contributed by atoms with Crippen molar-refractivity contribution in [3.63, 3.8) is 0 Å². The number of hydrogen-bond acceptors (Lipinski definition) is 6. The van der Waals surface area contributed by atoms with E-state index in [2.05, 4.69) is 20.4 Å². The van der Waals surface area contributed by atoms with Crippen LogP contribution in [0.3, 0.4) is 0 Å². The Morgan fingerprint density at radius 3 is 2.85 bits per heavy atom. The summed E-state index contributed by atoms with van der Waals surface area (Å²) in [6.07, 6.45) is 3.47. The fraction of sp³-hybridized carbons (Fsp3) is 0.615. The van der Waals surface area contributed by atoms with Gasteiger partial charge in [-0.1, -0.05) is 11.3 Å². The van der Waals surface area contributed by atoms with Gasteiger partial charge in [0.25, 0.3) is 0 Å². The SMILES string of the molecule is COC(=O)c1sc(NCCCC(=O)NC2CC2)nc1C. The highest BCUT2D eigenvalue weighted by atomic mass is 32.1. The van der Waals surface area contributed by atoms with Crippen molar-refractivity contribution in [3.05, 3.63) is 10.6 Å². The van der Waals surface area contributed by atoms with Crippen molar-refractivity contribution < 1.29 is 14.3 Å². The normalized spacial score (nSPS) is 13.9. The fourth-order valence-corrected chi connectivity index (χ4v) is 2.64. The number of thiazole rings is 1. The summed E-state index contributed by atoms with van der Waals surface area (Å²) in [5.41, 5.74) is 0.663. The lowest BCUT2D eigenvalue weighted by Gasteiger charge is -2.03. The van der Waals surface area contributed by atoms with E-state index in [4.69, 9.17) is 0 Å². The van der Waals surface area contributed by atoms with Crippen molar-refractivity contribution >= 4 is 28.3 Å². The Labute approximate surface area is 121 Å². The van der Waals surface area contributed by atoms with Gasteiger partial charge in [0.15, 0.2) is 5.13 Å². The van der Waals surface area contributed by atoms with E-state index in [-0.39, 0.29) is 11.9 Å². The fourth-order valence-electron chi connectivity index (χ4n) is 1.73. The average molecular weight is 297 g/mol. The van der Waals surface area contributed by atoms with Crippen LogP contribution in [0.5, 0.6) is 0 Å². The molecule has 1 heterocycles. The highest BCUT2D eigenvalue weighted by molar-refractivity contribution is 7.17. The lowest BCUT2D eigenvalue weighted by atomic mass is 10.3. The van der Waals surface area contributed by atoms with E-state index < -0.39 is 0 Å². The molecule has 0 atom stereocenters. The number of ether oxygens (including phenoxy) is 1. The Morgan fingerprint density at radius 2 is 2.20 bits per heavy atom. The highest BCUT2D eigenvalue weighted by Crippen LogP contribution is 2.23. The van der Waals surface area contributed by atoms with Crippen molar-refractivity contribution in [3.8, 4) is 0 Å². The number of anilines is 1. The van der Waals surface area contributed by atoms with Crippen LogP contribution in [0.15, 0.2) is 0 Å². The summed E-state index contributed by atoms with van der Waals surface area (Å²) in [4.78, 5) is 27.7. The first-order valence-electron chi connectivity index (χ1n) is 6.69. The van der Waals surface area contributed by atoms with Gasteiger partial charge in [0.05, 0.1) is 12.8 Å². The van der Waals surface area contributed by atoms with Crippen molar-refractivity contribution in [2.75, 3.05) is 19.0 Å². The molecule has 0 radical (unpaired) electrons. The van der Waals surface area contributed by atoms with Crippen molar-refractivity contribution in [2.24, 2.45) is 0 Å². The number of nitrogens with one attached hydrogen (secondary N) is 2.